The van der Waals surface area contributed by atoms with Crippen LogP contribution in [-0.4, -0.2) is 27.1 Å². The number of aryl methyl sites for hydroxylation is 2. The maximum atomic E-state index is 12.3. The van der Waals surface area contributed by atoms with Gasteiger partial charge in [-0.25, -0.2) is 13.1 Å². The Morgan fingerprint density at radius 3 is 2.56 bits per heavy atom. The van der Waals surface area contributed by atoms with Gasteiger partial charge in [0.1, 0.15) is 0 Å². The molecule has 0 atom stereocenters. The second kappa shape index (κ2) is 8.51. The van der Waals surface area contributed by atoms with Gasteiger partial charge in [0.05, 0.1) is 4.90 Å². The van der Waals surface area contributed by atoms with Gasteiger partial charge in [0.2, 0.25) is 15.9 Å². The van der Waals surface area contributed by atoms with E-state index in [-0.39, 0.29) is 23.8 Å². The number of amides is 1. The molecule has 0 fully saturated rings. The van der Waals surface area contributed by atoms with E-state index in [1.54, 1.807) is 36.9 Å². The first-order chi connectivity index (χ1) is 11.8. The third-order valence-corrected chi connectivity index (χ3v) is 5.96. The third kappa shape index (κ3) is 5.59. The molecule has 2 rings (SSSR count). The largest absolute Gasteiger partial charge is 0.326 e. The summed E-state index contributed by atoms with van der Waals surface area (Å²) >= 11 is 1.59. The normalized spacial score (nSPS) is 11.3. The van der Waals surface area contributed by atoms with Crippen LogP contribution in [0, 0.1) is 13.8 Å². The predicted octanol–water partition coefficient (Wildman–Crippen LogP) is 3.33. The topological polar surface area (TPSA) is 75.3 Å². The van der Waals surface area contributed by atoms with E-state index in [4.69, 9.17) is 0 Å². The maximum Gasteiger partial charge on any atom is 0.240 e. The molecule has 0 aliphatic carbocycles. The van der Waals surface area contributed by atoms with Crippen molar-refractivity contribution >= 4 is 33.4 Å². The first kappa shape index (κ1) is 19.5. The Labute approximate surface area is 153 Å². The molecule has 0 aromatic heterocycles. The highest BCUT2D eigenvalue weighted by Gasteiger charge is 2.16. The number of nitrogens with one attached hydrogen (secondary N) is 2. The Bertz CT molecular complexity index is 864. The van der Waals surface area contributed by atoms with E-state index in [9.17, 15) is 13.2 Å². The summed E-state index contributed by atoms with van der Waals surface area (Å²) in [7, 11) is -3.62. The van der Waals surface area contributed by atoms with Crippen molar-refractivity contribution in [1.82, 2.24) is 4.72 Å². The Morgan fingerprint density at radius 2 is 1.88 bits per heavy atom. The van der Waals surface area contributed by atoms with Crippen LogP contribution in [0.5, 0.6) is 0 Å². The van der Waals surface area contributed by atoms with Crippen LogP contribution in [0.3, 0.4) is 0 Å². The van der Waals surface area contributed by atoms with E-state index in [0.717, 1.165) is 10.5 Å². The molecule has 0 heterocycles. The lowest BCUT2D eigenvalue weighted by atomic mass is 10.2. The number of carbonyl (C=O) groups excluding carboxylic acids is 1. The van der Waals surface area contributed by atoms with E-state index >= 15 is 0 Å². The molecule has 0 saturated carbocycles. The molecule has 7 heteroatoms. The van der Waals surface area contributed by atoms with Gasteiger partial charge in [-0.2, -0.15) is 0 Å². The minimum atomic E-state index is -3.62. The van der Waals surface area contributed by atoms with Gasteiger partial charge in [-0.3, -0.25) is 4.79 Å². The van der Waals surface area contributed by atoms with Crippen LogP contribution in [0.2, 0.25) is 0 Å². The molecule has 2 N–H and O–H groups in total. The first-order valence-corrected chi connectivity index (χ1v) is 10.5. The minimum Gasteiger partial charge on any atom is -0.326 e. The summed E-state index contributed by atoms with van der Waals surface area (Å²) in [6, 6.07) is 12.7. The smallest absolute Gasteiger partial charge is 0.240 e. The SMILES string of the molecule is CSc1cccc(NC(=O)CCNS(=O)(=O)c2ccc(C)cc2C)c1. The number of hydrogen-bond donors (Lipinski definition) is 2. The molecule has 1 amide bonds. The van der Waals surface area contributed by atoms with Crippen LogP contribution >= 0.6 is 11.8 Å². The van der Waals surface area contributed by atoms with Gasteiger partial charge < -0.3 is 5.32 Å². The van der Waals surface area contributed by atoms with E-state index in [2.05, 4.69) is 10.0 Å². The molecule has 0 unspecified atom stereocenters. The van der Waals surface area contributed by atoms with Crippen molar-refractivity contribution in [3.63, 3.8) is 0 Å². The highest BCUT2D eigenvalue weighted by atomic mass is 32.2. The lowest BCUT2D eigenvalue weighted by molar-refractivity contribution is -0.116. The van der Waals surface area contributed by atoms with Crippen molar-refractivity contribution in [3.05, 3.63) is 53.6 Å². The fourth-order valence-corrected chi connectivity index (χ4v) is 4.12. The lowest BCUT2D eigenvalue weighted by Gasteiger charge is -2.10. The number of rotatable bonds is 7. The van der Waals surface area contributed by atoms with Gasteiger partial charge >= 0.3 is 0 Å². The summed E-state index contributed by atoms with van der Waals surface area (Å²) in [6.07, 6.45) is 2.02. The zero-order valence-corrected chi connectivity index (χ0v) is 16.1. The maximum absolute atomic E-state index is 12.3. The third-order valence-electron chi connectivity index (χ3n) is 3.62. The number of benzene rings is 2. The monoisotopic (exact) mass is 378 g/mol. The summed E-state index contributed by atoms with van der Waals surface area (Å²) in [4.78, 5) is 13.3. The molecular weight excluding hydrogens is 356 g/mol. The minimum absolute atomic E-state index is 0.0453. The number of sulfonamides is 1. The molecule has 0 bridgehead atoms. The predicted molar refractivity (Wildman–Crippen MR) is 103 cm³/mol. The first-order valence-electron chi connectivity index (χ1n) is 7.82. The van der Waals surface area contributed by atoms with Gasteiger partial charge in [-0.15, -0.1) is 11.8 Å². The van der Waals surface area contributed by atoms with Crippen molar-refractivity contribution < 1.29 is 13.2 Å². The summed E-state index contributed by atoms with van der Waals surface area (Å²) in [5.74, 6) is -0.235. The van der Waals surface area contributed by atoms with Crippen LogP contribution in [0.25, 0.3) is 0 Å². The number of thioether (sulfide) groups is 1. The average Bonchev–Trinajstić information content (AvgIpc) is 2.54. The molecular formula is C18H22N2O3S2. The Kier molecular flexibility index (Phi) is 6.64. The Balaban J connectivity index is 1.91. The molecule has 2 aromatic rings. The van der Waals surface area contributed by atoms with Crippen molar-refractivity contribution in [3.8, 4) is 0 Å². The van der Waals surface area contributed by atoms with Gasteiger partial charge in [-0.1, -0.05) is 23.8 Å². The van der Waals surface area contributed by atoms with Crippen LogP contribution in [0.4, 0.5) is 5.69 Å². The summed E-state index contributed by atoms with van der Waals surface area (Å²) in [5.41, 5.74) is 2.39. The van der Waals surface area contributed by atoms with Crippen molar-refractivity contribution in [2.45, 2.75) is 30.1 Å². The van der Waals surface area contributed by atoms with E-state index in [1.807, 2.05) is 37.4 Å². The van der Waals surface area contributed by atoms with Crippen LogP contribution in [-0.2, 0) is 14.8 Å². The zero-order valence-electron chi connectivity index (χ0n) is 14.5. The van der Waals surface area contributed by atoms with Gasteiger partial charge in [-0.05, 0) is 49.9 Å². The number of anilines is 1. The van der Waals surface area contributed by atoms with Crippen LogP contribution < -0.4 is 10.0 Å². The van der Waals surface area contributed by atoms with Crippen LogP contribution in [0.1, 0.15) is 17.5 Å². The second-order valence-electron chi connectivity index (χ2n) is 5.70. The lowest BCUT2D eigenvalue weighted by Crippen LogP contribution is -2.28. The van der Waals surface area contributed by atoms with Gasteiger partial charge in [0, 0.05) is 23.5 Å². The number of carbonyl (C=O) groups is 1. The highest BCUT2D eigenvalue weighted by molar-refractivity contribution is 7.98. The quantitative estimate of drug-likeness (QED) is 0.725. The molecule has 0 aliphatic rings. The van der Waals surface area contributed by atoms with E-state index in [1.165, 1.54) is 0 Å². The van der Waals surface area contributed by atoms with Crippen molar-refractivity contribution in [1.29, 1.82) is 0 Å². The fourth-order valence-electron chi connectivity index (χ4n) is 2.40. The van der Waals surface area contributed by atoms with Gasteiger partial charge in [0.15, 0.2) is 0 Å². The summed E-state index contributed by atoms with van der Waals surface area (Å²) < 4.78 is 27.2. The Hall–Kier alpha value is -1.83. The Morgan fingerprint density at radius 1 is 1.12 bits per heavy atom. The standard InChI is InChI=1S/C18H22N2O3S2/c1-13-7-8-17(14(2)11-13)25(22,23)19-10-9-18(21)20-15-5-4-6-16(12-15)24-3/h4-8,11-12,19H,9-10H2,1-3H3,(H,20,21). The van der Waals surface area contributed by atoms with E-state index < -0.39 is 10.0 Å². The molecule has 0 saturated heterocycles. The van der Waals surface area contributed by atoms with Gasteiger partial charge in [0.25, 0.3) is 0 Å². The molecule has 134 valence electrons. The average molecular weight is 379 g/mol. The summed E-state index contributed by atoms with van der Waals surface area (Å²) in [5, 5.41) is 2.77. The zero-order chi connectivity index (χ0) is 18.4. The second-order valence-corrected chi connectivity index (χ2v) is 8.31. The molecule has 25 heavy (non-hydrogen) atoms. The molecule has 2 aromatic carbocycles. The number of hydrogen-bond acceptors (Lipinski definition) is 4. The van der Waals surface area contributed by atoms with E-state index in [0.29, 0.717) is 11.3 Å². The highest BCUT2D eigenvalue weighted by Crippen LogP contribution is 2.19. The fraction of sp³-hybridized carbons (Fsp3) is 0.278. The van der Waals surface area contributed by atoms with Crippen molar-refractivity contribution in [2.75, 3.05) is 18.1 Å². The molecule has 0 aliphatic heterocycles. The molecule has 0 radical (unpaired) electrons. The van der Waals surface area contributed by atoms with Crippen LogP contribution in [0.15, 0.2) is 52.3 Å². The van der Waals surface area contributed by atoms with Crippen molar-refractivity contribution in [2.24, 2.45) is 0 Å². The molecule has 5 nitrogen and oxygen atoms in total. The molecule has 0 spiro atoms. The summed E-state index contributed by atoms with van der Waals surface area (Å²) in [6.45, 7) is 3.71.